The number of aliphatic carboxylic acids is 1. The average molecular weight is 393 g/mol. The van der Waals surface area contributed by atoms with Gasteiger partial charge in [-0.3, -0.25) is 9.59 Å². The van der Waals surface area contributed by atoms with Gasteiger partial charge >= 0.3 is 5.97 Å². The van der Waals surface area contributed by atoms with Gasteiger partial charge in [-0.25, -0.2) is 12.7 Å². The summed E-state index contributed by atoms with van der Waals surface area (Å²) in [5.41, 5.74) is 0. The number of carbonyl (C=O) groups excluding carboxylic acids is 1. The maximum absolute atomic E-state index is 12.9. The van der Waals surface area contributed by atoms with E-state index in [0.29, 0.717) is 52.1 Å². The molecule has 0 aromatic rings. The van der Waals surface area contributed by atoms with Gasteiger partial charge in [-0.1, -0.05) is 6.92 Å². The number of rotatable bonds is 11. The molecule has 8 nitrogen and oxygen atoms in total. The SMILES string of the molecule is CCOCCCN(CC(C)C(=O)O)C(=O)C1CCN(S(=O)(=O)CC)CC1. The average Bonchev–Trinajstić information content (AvgIpc) is 2.63. The van der Waals surface area contributed by atoms with E-state index in [1.165, 1.54) is 4.31 Å². The Morgan fingerprint density at radius 2 is 1.88 bits per heavy atom. The van der Waals surface area contributed by atoms with Crippen LogP contribution in [0.25, 0.3) is 0 Å². The smallest absolute Gasteiger partial charge is 0.308 e. The van der Waals surface area contributed by atoms with Crippen molar-refractivity contribution in [1.82, 2.24) is 9.21 Å². The monoisotopic (exact) mass is 392 g/mol. The number of carboxylic acid groups (broad SMARTS) is 1. The topological polar surface area (TPSA) is 104 Å². The van der Waals surface area contributed by atoms with Gasteiger partial charge in [0, 0.05) is 45.3 Å². The first-order chi connectivity index (χ1) is 12.2. The van der Waals surface area contributed by atoms with Crippen molar-refractivity contribution in [2.75, 3.05) is 45.1 Å². The Morgan fingerprint density at radius 3 is 2.38 bits per heavy atom. The van der Waals surface area contributed by atoms with E-state index in [1.807, 2.05) is 6.92 Å². The minimum absolute atomic E-state index is 0.0608. The fourth-order valence-electron chi connectivity index (χ4n) is 3.02. The van der Waals surface area contributed by atoms with Crippen molar-refractivity contribution < 1.29 is 27.9 Å². The molecular weight excluding hydrogens is 360 g/mol. The van der Waals surface area contributed by atoms with Gasteiger partial charge in [0.15, 0.2) is 0 Å². The summed E-state index contributed by atoms with van der Waals surface area (Å²) < 4.78 is 30.6. The molecule has 152 valence electrons. The molecular formula is C17H32N2O6S. The highest BCUT2D eigenvalue weighted by Crippen LogP contribution is 2.22. The van der Waals surface area contributed by atoms with E-state index in [1.54, 1.807) is 18.7 Å². The number of carboxylic acids is 1. The molecule has 1 heterocycles. The van der Waals surface area contributed by atoms with Crippen LogP contribution in [0.15, 0.2) is 0 Å². The van der Waals surface area contributed by atoms with E-state index in [0.717, 1.165) is 0 Å². The molecule has 1 N–H and O–H groups in total. The number of carbonyl (C=O) groups is 2. The third-order valence-corrected chi connectivity index (χ3v) is 6.59. The summed E-state index contributed by atoms with van der Waals surface area (Å²) in [6, 6.07) is 0. The fourth-order valence-corrected chi connectivity index (χ4v) is 4.16. The summed E-state index contributed by atoms with van der Waals surface area (Å²) in [5.74, 6) is -1.86. The molecule has 1 amide bonds. The van der Waals surface area contributed by atoms with Crippen molar-refractivity contribution >= 4 is 21.9 Å². The van der Waals surface area contributed by atoms with Crippen molar-refractivity contribution in [1.29, 1.82) is 0 Å². The summed E-state index contributed by atoms with van der Waals surface area (Å²) in [6.45, 7) is 7.51. The Balaban J connectivity index is 2.67. The molecule has 1 atom stereocenters. The molecule has 0 aromatic heterocycles. The minimum Gasteiger partial charge on any atom is -0.481 e. The van der Waals surface area contributed by atoms with E-state index in [4.69, 9.17) is 9.84 Å². The summed E-state index contributed by atoms with van der Waals surface area (Å²) in [6.07, 6.45) is 1.60. The van der Waals surface area contributed by atoms with Crippen LogP contribution in [-0.4, -0.2) is 79.8 Å². The van der Waals surface area contributed by atoms with Gasteiger partial charge in [-0.15, -0.1) is 0 Å². The molecule has 1 rings (SSSR count). The first kappa shape index (κ1) is 22.9. The highest BCUT2D eigenvalue weighted by molar-refractivity contribution is 7.89. The number of amides is 1. The number of hydrogen-bond donors (Lipinski definition) is 1. The Hall–Kier alpha value is -1.19. The van der Waals surface area contributed by atoms with Gasteiger partial charge in [-0.05, 0) is 33.1 Å². The van der Waals surface area contributed by atoms with Crippen LogP contribution in [0.4, 0.5) is 0 Å². The molecule has 9 heteroatoms. The molecule has 0 radical (unpaired) electrons. The quantitative estimate of drug-likeness (QED) is 0.527. The standard InChI is InChI=1S/C17H32N2O6S/c1-4-25-12-6-9-18(13-14(3)17(21)22)16(20)15-7-10-19(11-8-15)26(23,24)5-2/h14-15H,4-13H2,1-3H3,(H,21,22). The lowest BCUT2D eigenvalue weighted by atomic mass is 9.96. The van der Waals surface area contributed by atoms with Crippen LogP contribution in [0.5, 0.6) is 0 Å². The maximum atomic E-state index is 12.9. The van der Waals surface area contributed by atoms with E-state index >= 15 is 0 Å². The van der Waals surface area contributed by atoms with Crippen LogP contribution in [-0.2, 0) is 24.3 Å². The summed E-state index contributed by atoms with van der Waals surface area (Å²) in [5, 5.41) is 9.15. The molecule has 1 saturated heterocycles. The van der Waals surface area contributed by atoms with Gasteiger partial charge in [0.05, 0.1) is 11.7 Å². The number of piperidine rings is 1. The van der Waals surface area contributed by atoms with Crippen LogP contribution in [0.1, 0.15) is 40.0 Å². The van der Waals surface area contributed by atoms with Crippen LogP contribution in [0.3, 0.4) is 0 Å². The van der Waals surface area contributed by atoms with Gasteiger partial charge in [0.25, 0.3) is 0 Å². The van der Waals surface area contributed by atoms with Gasteiger partial charge < -0.3 is 14.7 Å². The van der Waals surface area contributed by atoms with Crippen molar-refractivity contribution in [3.63, 3.8) is 0 Å². The van der Waals surface area contributed by atoms with Crippen LogP contribution >= 0.6 is 0 Å². The minimum atomic E-state index is -3.23. The van der Waals surface area contributed by atoms with Crippen LogP contribution in [0.2, 0.25) is 0 Å². The predicted octanol–water partition coefficient (Wildman–Crippen LogP) is 1.02. The molecule has 0 aliphatic carbocycles. The Morgan fingerprint density at radius 1 is 1.27 bits per heavy atom. The number of sulfonamides is 1. The molecule has 1 aliphatic heterocycles. The second kappa shape index (κ2) is 10.8. The van der Waals surface area contributed by atoms with E-state index in [-0.39, 0.29) is 24.1 Å². The first-order valence-corrected chi connectivity index (χ1v) is 10.9. The van der Waals surface area contributed by atoms with Crippen molar-refractivity contribution in [2.24, 2.45) is 11.8 Å². The van der Waals surface area contributed by atoms with Crippen LogP contribution in [0, 0.1) is 11.8 Å². The molecule has 1 fully saturated rings. The van der Waals surface area contributed by atoms with Gasteiger partial charge in [0.1, 0.15) is 0 Å². The zero-order chi connectivity index (χ0) is 19.7. The Labute approximate surface area is 156 Å². The highest BCUT2D eigenvalue weighted by atomic mass is 32.2. The third-order valence-electron chi connectivity index (χ3n) is 4.71. The van der Waals surface area contributed by atoms with Crippen LogP contribution < -0.4 is 0 Å². The summed E-state index contributed by atoms with van der Waals surface area (Å²) in [4.78, 5) is 25.6. The molecule has 1 unspecified atom stereocenters. The first-order valence-electron chi connectivity index (χ1n) is 9.30. The van der Waals surface area contributed by atoms with Gasteiger partial charge in [-0.2, -0.15) is 0 Å². The van der Waals surface area contributed by atoms with Gasteiger partial charge in [0.2, 0.25) is 15.9 Å². The molecule has 26 heavy (non-hydrogen) atoms. The zero-order valence-corrected chi connectivity index (χ0v) is 16.8. The molecule has 0 saturated carbocycles. The normalized spacial score (nSPS) is 17.8. The summed E-state index contributed by atoms with van der Waals surface area (Å²) in [7, 11) is -3.23. The zero-order valence-electron chi connectivity index (χ0n) is 16.0. The summed E-state index contributed by atoms with van der Waals surface area (Å²) >= 11 is 0. The van der Waals surface area contributed by atoms with E-state index < -0.39 is 21.9 Å². The number of nitrogens with zero attached hydrogens (tertiary/aromatic N) is 2. The third kappa shape index (κ3) is 6.85. The van der Waals surface area contributed by atoms with E-state index in [9.17, 15) is 18.0 Å². The Kier molecular flexibility index (Phi) is 9.52. The molecule has 0 aromatic carbocycles. The number of hydrogen-bond acceptors (Lipinski definition) is 5. The maximum Gasteiger partial charge on any atom is 0.308 e. The lowest BCUT2D eigenvalue weighted by Gasteiger charge is -2.34. The molecule has 0 spiro atoms. The largest absolute Gasteiger partial charge is 0.481 e. The lowest BCUT2D eigenvalue weighted by molar-refractivity contribution is -0.144. The van der Waals surface area contributed by atoms with Crippen molar-refractivity contribution in [2.45, 2.75) is 40.0 Å². The second-order valence-corrected chi connectivity index (χ2v) is 8.91. The fraction of sp³-hybridized carbons (Fsp3) is 0.882. The predicted molar refractivity (Wildman–Crippen MR) is 98.2 cm³/mol. The van der Waals surface area contributed by atoms with Crippen molar-refractivity contribution in [3.8, 4) is 0 Å². The molecule has 0 bridgehead atoms. The second-order valence-electron chi connectivity index (χ2n) is 6.65. The highest BCUT2D eigenvalue weighted by Gasteiger charge is 2.33. The number of ether oxygens (including phenoxy) is 1. The Bertz CT molecular complexity index is 558. The molecule has 1 aliphatic rings. The van der Waals surface area contributed by atoms with Crippen molar-refractivity contribution in [3.05, 3.63) is 0 Å². The lowest BCUT2D eigenvalue weighted by Crippen LogP contribution is -2.46. The van der Waals surface area contributed by atoms with E-state index in [2.05, 4.69) is 0 Å².